The second-order valence-corrected chi connectivity index (χ2v) is 10.1. The lowest BCUT2D eigenvalue weighted by molar-refractivity contribution is -0.140. The van der Waals surface area contributed by atoms with Gasteiger partial charge in [-0.1, -0.05) is 12.1 Å². The van der Waals surface area contributed by atoms with Gasteiger partial charge < -0.3 is 40.2 Å². The zero-order valence-corrected chi connectivity index (χ0v) is 26.7. The molecule has 1 aliphatic heterocycles. The number of rotatable bonds is 16. The molecule has 0 amide bonds. The molecular formula is C30H39F3N2O10S. The van der Waals surface area contributed by atoms with Gasteiger partial charge in [-0.15, -0.1) is 11.8 Å². The van der Waals surface area contributed by atoms with E-state index in [0.29, 0.717) is 56.3 Å². The predicted molar refractivity (Wildman–Crippen MR) is 162 cm³/mol. The van der Waals surface area contributed by atoms with E-state index in [9.17, 15) is 32.3 Å². The molecule has 0 aromatic heterocycles. The maximum Gasteiger partial charge on any atom is 0.417 e. The molecule has 2 rings (SSSR count). The Morgan fingerprint density at radius 1 is 1.00 bits per heavy atom. The third-order valence-electron chi connectivity index (χ3n) is 6.10. The number of halogens is 3. The van der Waals surface area contributed by atoms with Crippen LogP contribution in [-0.2, 0) is 44.3 Å². The molecule has 1 atom stereocenters. The highest BCUT2D eigenvalue weighted by molar-refractivity contribution is 7.98. The van der Waals surface area contributed by atoms with E-state index in [4.69, 9.17) is 34.9 Å². The van der Waals surface area contributed by atoms with E-state index in [-0.39, 0.29) is 34.8 Å². The molecule has 0 aliphatic carbocycles. The maximum absolute atomic E-state index is 13.9. The normalized spacial score (nSPS) is 14.8. The van der Waals surface area contributed by atoms with E-state index < -0.39 is 41.5 Å². The van der Waals surface area contributed by atoms with Crippen LogP contribution in [0.2, 0.25) is 0 Å². The molecule has 1 aromatic rings. The van der Waals surface area contributed by atoms with Crippen molar-refractivity contribution in [3.8, 4) is 0 Å². The van der Waals surface area contributed by atoms with E-state index in [2.05, 4.69) is 5.32 Å². The van der Waals surface area contributed by atoms with Crippen LogP contribution in [-0.4, -0.2) is 87.0 Å². The SMILES string of the molecule is CCOC(=O)C1=C(COCCCOCCCN)NC(C)=C(C(=O)OC)[C@H]1c1cccc(C(F)(F)F)c1SC.O=C(O)/C=C/C(=O)O. The number of carbonyl (C=O) groups excluding carboxylic acids is 2. The number of thioether (sulfide) groups is 1. The van der Waals surface area contributed by atoms with Gasteiger partial charge in [0.05, 0.1) is 48.6 Å². The van der Waals surface area contributed by atoms with Gasteiger partial charge in [0.2, 0.25) is 0 Å². The first kappa shape index (κ1) is 40.2. The van der Waals surface area contributed by atoms with Gasteiger partial charge >= 0.3 is 30.1 Å². The first-order chi connectivity index (χ1) is 21.7. The Morgan fingerprint density at radius 3 is 2.13 bits per heavy atom. The molecule has 1 aliphatic rings. The summed E-state index contributed by atoms with van der Waals surface area (Å²) in [5, 5.41) is 18.7. The summed E-state index contributed by atoms with van der Waals surface area (Å²) < 4.78 is 63.2. The Balaban J connectivity index is 0.00000116. The molecular weight excluding hydrogens is 637 g/mol. The number of alkyl halides is 3. The van der Waals surface area contributed by atoms with Gasteiger partial charge in [0.15, 0.2) is 0 Å². The van der Waals surface area contributed by atoms with Crippen LogP contribution in [0.15, 0.2) is 57.8 Å². The van der Waals surface area contributed by atoms with Gasteiger partial charge in [-0.25, -0.2) is 19.2 Å². The Morgan fingerprint density at radius 2 is 1.61 bits per heavy atom. The lowest BCUT2D eigenvalue weighted by Crippen LogP contribution is -2.35. The zero-order chi connectivity index (χ0) is 34.9. The van der Waals surface area contributed by atoms with Crippen molar-refractivity contribution >= 4 is 35.6 Å². The van der Waals surface area contributed by atoms with Gasteiger partial charge in [0.1, 0.15) is 0 Å². The predicted octanol–water partition coefficient (Wildman–Crippen LogP) is 3.86. The summed E-state index contributed by atoms with van der Waals surface area (Å²) in [5.41, 5.74) is 5.36. The van der Waals surface area contributed by atoms with Crippen molar-refractivity contribution in [2.24, 2.45) is 5.73 Å². The summed E-state index contributed by atoms with van der Waals surface area (Å²) in [6.45, 7) is 5.03. The fraction of sp³-hybridized carbons (Fsp3) is 0.467. The summed E-state index contributed by atoms with van der Waals surface area (Å²) in [6, 6.07) is 3.70. The van der Waals surface area contributed by atoms with Crippen molar-refractivity contribution < 1.29 is 61.5 Å². The number of ether oxygens (including phenoxy) is 4. The average molecular weight is 677 g/mol. The van der Waals surface area contributed by atoms with Gasteiger partial charge in [-0.2, -0.15) is 13.2 Å². The lowest BCUT2D eigenvalue weighted by atomic mass is 9.79. The number of methoxy groups -OCH3 is 1. The number of aliphatic carboxylic acids is 2. The topological polar surface area (TPSA) is 184 Å². The number of esters is 2. The highest BCUT2D eigenvalue weighted by Gasteiger charge is 2.42. The Hall–Kier alpha value is -3.86. The minimum atomic E-state index is -4.64. The molecule has 0 unspecified atom stereocenters. The number of carboxylic acids is 2. The second kappa shape index (κ2) is 20.3. The number of nitrogens with two attached hydrogens (primary N) is 1. The summed E-state index contributed by atoms with van der Waals surface area (Å²) in [6.07, 6.45) is -0.675. The number of hydrogen-bond acceptors (Lipinski definition) is 11. The van der Waals surface area contributed by atoms with Gasteiger partial charge in [0.25, 0.3) is 0 Å². The van der Waals surface area contributed by atoms with E-state index in [1.165, 1.54) is 25.5 Å². The van der Waals surface area contributed by atoms with Crippen LogP contribution in [0.25, 0.3) is 0 Å². The number of nitrogens with one attached hydrogen (secondary N) is 1. The van der Waals surface area contributed by atoms with E-state index in [1.54, 1.807) is 13.8 Å². The summed E-state index contributed by atoms with van der Waals surface area (Å²) in [5.74, 6) is -5.24. The molecule has 5 N–H and O–H groups in total. The van der Waals surface area contributed by atoms with Crippen molar-refractivity contribution in [3.63, 3.8) is 0 Å². The van der Waals surface area contributed by atoms with Crippen LogP contribution in [0.3, 0.4) is 0 Å². The Kier molecular flexibility index (Phi) is 17.7. The van der Waals surface area contributed by atoms with Crippen LogP contribution in [0.4, 0.5) is 13.2 Å². The molecule has 46 heavy (non-hydrogen) atoms. The van der Waals surface area contributed by atoms with Crippen LogP contribution in [0.1, 0.15) is 43.7 Å². The van der Waals surface area contributed by atoms with E-state index >= 15 is 0 Å². The molecule has 1 aromatic carbocycles. The second-order valence-electron chi connectivity index (χ2n) is 9.30. The van der Waals surface area contributed by atoms with Crippen molar-refractivity contribution in [3.05, 3.63) is 64.0 Å². The number of dihydropyridines is 1. The van der Waals surface area contributed by atoms with Crippen molar-refractivity contribution in [1.82, 2.24) is 5.32 Å². The molecule has 12 nitrogen and oxygen atoms in total. The summed E-state index contributed by atoms with van der Waals surface area (Å²) in [7, 11) is 1.17. The molecule has 16 heteroatoms. The first-order valence-corrected chi connectivity index (χ1v) is 15.2. The lowest BCUT2D eigenvalue weighted by Gasteiger charge is -2.32. The van der Waals surface area contributed by atoms with E-state index in [1.807, 2.05) is 0 Å². The maximum atomic E-state index is 13.9. The van der Waals surface area contributed by atoms with Crippen LogP contribution in [0, 0.1) is 0 Å². The molecule has 0 saturated carbocycles. The van der Waals surface area contributed by atoms with Crippen LogP contribution < -0.4 is 11.1 Å². The Labute approximate surface area is 268 Å². The van der Waals surface area contributed by atoms with Crippen LogP contribution in [0.5, 0.6) is 0 Å². The molecule has 0 fully saturated rings. The quantitative estimate of drug-likeness (QED) is 0.0858. The Bertz CT molecular complexity index is 1300. The van der Waals surface area contributed by atoms with Crippen molar-refractivity contribution in [2.75, 3.05) is 52.9 Å². The number of benzene rings is 1. The standard InChI is InChI=1S/C26H35F3N2O6S.C4H4O4/c1-5-37-25(33)22-19(15-36-14-8-13-35-12-7-11-30)31-16(2)20(24(32)34-3)21(22)17-9-6-10-18(23(17)38-4)26(27,28)29;5-3(6)1-2-4(7)8/h6,9-10,21,31H,5,7-8,11-15,30H2,1-4H3;1-2H,(H,5,6)(H,7,8)/b;2-1+/t21-;/m1./s1. The van der Waals surface area contributed by atoms with Gasteiger partial charge in [-0.05, 0) is 51.1 Å². The molecule has 0 bridgehead atoms. The number of hydrogen-bond donors (Lipinski definition) is 4. The van der Waals surface area contributed by atoms with Crippen molar-refractivity contribution in [2.45, 2.75) is 43.7 Å². The minimum absolute atomic E-state index is 0.00771. The number of carboxylic acid groups (broad SMARTS) is 2. The average Bonchev–Trinajstić information content (AvgIpc) is 3.00. The van der Waals surface area contributed by atoms with E-state index in [0.717, 1.165) is 24.2 Å². The molecule has 256 valence electrons. The fourth-order valence-electron chi connectivity index (χ4n) is 4.25. The summed E-state index contributed by atoms with van der Waals surface area (Å²) >= 11 is 0.883. The smallest absolute Gasteiger partial charge is 0.417 e. The third-order valence-corrected chi connectivity index (χ3v) is 6.96. The van der Waals surface area contributed by atoms with Crippen LogP contribution >= 0.6 is 11.8 Å². The molecule has 0 radical (unpaired) electrons. The largest absolute Gasteiger partial charge is 0.478 e. The third kappa shape index (κ3) is 12.5. The van der Waals surface area contributed by atoms with Gasteiger partial charge in [-0.3, -0.25) is 0 Å². The monoisotopic (exact) mass is 676 g/mol. The number of carbonyl (C=O) groups is 4. The first-order valence-electron chi connectivity index (χ1n) is 13.9. The summed E-state index contributed by atoms with van der Waals surface area (Å²) in [4.78, 5) is 45.2. The zero-order valence-electron chi connectivity index (χ0n) is 25.9. The molecule has 0 spiro atoms. The highest BCUT2D eigenvalue weighted by Crippen LogP contribution is 2.46. The highest BCUT2D eigenvalue weighted by atomic mass is 32.2. The molecule has 0 saturated heterocycles. The van der Waals surface area contributed by atoms with Gasteiger partial charge in [0, 0.05) is 42.6 Å². The number of allylic oxidation sites excluding steroid dienone is 1. The minimum Gasteiger partial charge on any atom is -0.478 e. The fourth-order valence-corrected chi connectivity index (χ4v) is 5.08. The molecule has 1 heterocycles. The van der Waals surface area contributed by atoms with Crippen molar-refractivity contribution in [1.29, 1.82) is 0 Å².